The molecule has 1 fully saturated rings. The predicted octanol–water partition coefficient (Wildman–Crippen LogP) is 2.56. The molecule has 0 bridgehead atoms. The second-order valence-corrected chi connectivity index (χ2v) is 4.67. The molecule has 2 rings (SSSR count). The molecule has 1 aliphatic rings. The number of hydrogen-bond donors (Lipinski definition) is 1. The maximum absolute atomic E-state index is 10.8. The SMILES string of the molecule is Cc1c(OC2CCN(C(=O)O)CC2)ccnc1Cl. The molecule has 0 unspecified atom stereocenters. The first kappa shape index (κ1) is 13.0. The molecule has 18 heavy (non-hydrogen) atoms. The molecule has 0 saturated carbocycles. The summed E-state index contributed by atoms with van der Waals surface area (Å²) in [6, 6.07) is 1.78. The minimum Gasteiger partial charge on any atom is -0.490 e. The zero-order chi connectivity index (χ0) is 13.1. The third kappa shape index (κ3) is 2.85. The number of hydrogen-bond acceptors (Lipinski definition) is 3. The van der Waals surface area contributed by atoms with Crippen molar-refractivity contribution in [3.05, 3.63) is 23.0 Å². The van der Waals surface area contributed by atoms with Crippen LogP contribution in [0.15, 0.2) is 12.3 Å². The van der Waals surface area contributed by atoms with Crippen LogP contribution in [-0.4, -0.2) is 40.3 Å². The van der Waals surface area contributed by atoms with Crippen molar-refractivity contribution in [1.82, 2.24) is 9.88 Å². The average Bonchev–Trinajstić information content (AvgIpc) is 2.36. The van der Waals surface area contributed by atoms with Crippen LogP contribution in [0.1, 0.15) is 18.4 Å². The predicted molar refractivity (Wildman–Crippen MR) is 67.2 cm³/mol. The third-order valence-corrected chi connectivity index (χ3v) is 3.48. The van der Waals surface area contributed by atoms with Gasteiger partial charge in [-0.1, -0.05) is 11.6 Å². The molecule has 0 radical (unpaired) electrons. The van der Waals surface area contributed by atoms with Crippen molar-refractivity contribution in [3.8, 4) is 5.75 Å². The lowest BCUT2D eigenvalue weighted by atomic mass is 10.1. The lowest BCUT2D eigenvalue weighted by Gasteiger charge is -2.30. The quantitative estimate of drug-likeness (QED) is 0.839. The summed E-state index contributed by atoms with van der Waals surface area (Å²) in [4.78, 5) is 16.2. The fourth-order valence-corrected chi connectivity index (χ4v) is 2.12. The van der Waals surface area contributed by atoms with Crippen molar-refractivity contribution < 1.29 is 14.6 Å². The van der Waals surface area contributed by atoms with Gasteiger partial charge in [0.2, 0.25) is 0 Å². The molecule has 1 saturated heterocycles. The number of carbonyl (C=O) groups is 1. The Morgan fingerprint density at radius 2 is 2.22 bits per heavy atom. The number of halogens is 1. The van der Waals surface area contributed by atoms with E-state index >= 15 is 0 Å². The first-order chi connectivity index (χ1) is 8.58. The second kappa shape index (κ2) is 5.44. The molecular formula is C12H15ClN2O3. The Hall–Kier alpha value is -1.49. The van der Waals surface area contributed by atoms with E-state index in [-0.39, 0.29) is 6.10 Å². The molecule has 98 valence electrons. The summed E-state index contributed by atoms with van der Waals surface area (Å²) < 4.78 is 5.85. The van der Waals surface area contributed by atoms with E-state index in [2.05, 4.69) is 4.98 Å². The summed E-state index contributed by atoms with van der Waals surface area (Å²) in [5, 5.41) is 9.29. The molecule has 0 aliphatic carbocycles. The van der Waals surface area contributed by atoms with E-state index in [1.807, 2.05) is 6.92 Å². The Bertz CT molecular complexity index is 445. The Morgan fingerprint density at radius 3 is 2.83 bits per heavy atom. The van der Waals surface area contributed by atoms with E-state index in [9.17, 15) is 4.79 Å². The number of piperidine rings is 1. The zero-order valence-electron chi connectivity index (χ0n) is 10.1. The molecule has 1 aromatic heterocycles. The lowest BCUT2D eigenvalue weighted by molar-refractivity contribution is 0.0890. The second-order valence-electron chi connectivity index (χ2n) is 4.31. The Labute approximate surface area is 110 Å². The van der Waals surface area contributed by atoms with Gasteiger partial charge in [0.05, 0.1) is 0 Å². The summed E-state index contributed by atoms with van der Waals surface area (Å²) in [5.74, 6) is 0.726. The van der Waals surface area contributed by atoms with Crippen molar-refractivity contribution in [2.45, 2.75) is 25.9 Å². The van der Waals surface area contributed by atoms with E-state index in [0.717, 1.165) is 11.3 Å². The molecule has 0 aromatic carbocycles. The normalized spacial score (nSPS) is 16.7. The largest absolute Gasteiger partial charge is 0.490 e. The highest BCUT2D eigenvalue weighted by Crippen LogP contribution is 2.26. The van der Waals surface area contributed by atoms with Crippen molar-refractivity contribution in [3.63, 3.8) is 0 Å². The molecular weight excluding hydrogens is 256 g/mol. The monoisotopic (exact) mass is 270 g/mol. The number of ether oxygens (including phenoxy) is 1. The maximum Gasteiger partial charge on any atom is 0.407 e. The van der Waals surface area contributed by atoms with Crippen LogP contribution in [0.3, 0.4) is 0 Å². The van der Waals surface area contributed by atoms with Gasteiger partial charge in [0.1, 0.15) is 17.0 Å². The molecule has 1 aromatic rings. The van der Waals surface area contributed by atoms with Crippen molar-refractivity contribution >= 4 is 17.7 Å². The fourth-order valence-electron chi connectivity index (χ4n) is 1.97. The molecule has 0 atom stereocenters. The third-order valence-electron chi connectivity index (χ3n) is 3.10. The van der Waals surface area contributed by atoms with Gasteiger partial charge in [-0.25, -0.2) is 9.78 Å². The average molecular weight is 271 g/mol. The topological polar surface area (TPSA) is 62.7 Å². The van der Waals surface area contributed by atoms with Gasteiger partial charge in [-0.05, 0) is 13.0 Å². The minimum absolute atomic E-state index is 0.0396. The van der Waals surface area contributed by atoms with Crippen LogP contribution in [0, 0.1) is 6.92 Å². The first-order valence-corrected chi connectivity index (χ1v) is 6.21. The Balaban J connectivity index is 1.96. The van der Waals surface area contributed by atoms with Gasteiger partial charge in [0.25, 0.3) is 0 Å². The van der Waals surface area contributed by atoms with Crippen molar-refractivity contribution in [2.75, 3.05) is 13.1 Å². The fraction of sp³-hybridized carbons (Fsp3) is 0.500. The van der Waals surface area contributed by atoms with Crippen LogP contribution in [0.25, 0.3) is 0 Å². The van der Waals surface area contributed by atoms with Gasteiger partial charge in [0, 0.05) is 37.7 Å². The van der Waals surface area contributed by atoms with Gasteiger partial charge >= 0.3 is 6.09 Å². The van der Waals surface area contributed by atoms with Gasteiger partial charge in [-0.3, -0.25) is 0 Å². The number of amides is 1. The standard InChI is InChI=1S/C12H15ClN2O3/c1-8-10(2-5-14-11(8)13)18-9-3-6-15(7-4-9)12(16)17/h2,5,9H,3-4,6-7H2,1H3,(H,16,17). The van der Waals surface area contributed by atoms with Crippen LogP contribution in [0.4, 0.5) is 4.79 Å². The van der Waals surface area contributed by atoms with E-state index in [1.165, 1.54) is 4.90 Å². The highest BCUT2D eigenvalue weighted by atomic mass is 35.5. The summed E-state index contributed by atoms with van der Waals surface area (Å²) >= 11 is 5.92. The van der Waals surface area contributed by atoms with Gasteiger partial charge in [0.15, 0.2) is 0 Å². The van der Waals surface area contributed by atoms with E-state index in [1.54, 1.807) is 12.3 Å². The molecule has 1 aliphatic heterocycles. The first-order valence-electron chi connectivity index (χ1n) is 5.83. The number of nitrogens with zero attached hydrogens (tertiary/aromatic N) is 2. The minimum atomic E-state index is -0.864. The van der Waals surface area contributed by atoms with E-state index in [0.29, 0.717) is 31.1 Å². The van der Waals surface area contributed by atoms with Crippen LogP contribution in [0.5, 0.6) is 5.75 Å². The Morgan fingerprint density at radius 1 is 1.56 bits per heavy atom. The van der Waals surface area contributed by atoms with Crippen molar-refractivity contribution in [1.29, 1.82) is 0 Å². The smallest absolute Gasteiger partial charge is 0.407 e. The van der Waals surface area contributed by atoms with Crippen LogP contribution < -0.4 is 4.74 Å². The summed E-state index contributed by atoms with van der Waals surface area (Å²) in [6.07, 6.45) is 2.18. The van der Waals surface area contributed by atoms with Gasteiger partial charge < -0.3 is 14.7 Å². The van der Waals surface area contributed by atoms with Crippen LogP contribution in [-0.2, 0) is 0 Å². The number of likely N-dealkylation sites (tertiary alicyclic amines) is 1. The van der Waals surface area contributed by atoms with E-state index < -0.39 is 6.09 Å². The Kier molecular flexibility index (Phi) is 3.91. The number of aromatic nitrogens is 1. The molecule has 5 nitrogen and oxygen atoms in total. The molecule has 6 heteroatoms. The molecule has 0 spiro atoms. The molecule has 1 N–H and O–H groups in total. The van der Waals surface area contributed by atoms with Crippen LogP contribution in [0.2, 0.25) is 5.15 Å². The van der Waals surface area contributed by atoms with E-state index in [4.69, 9.17) is 21.4 Å². The molecule has 2 heterocycles. The highest BCUT2D eigenvalue weighted by Gasteiger charge is 2.23. The number of carboxylic acid groups (broad SMARTS) is 1. The highest BCUT2D eigenvalue weighted by molar-refractivity contribution is 6.30. The van der Waals surface area contributed by atoms with Crippen molar-refractivity contribution in [2.24, 2.45) is 0 Å². The summed E-state index contributed by atoms with van der Waals surface area (Å²) in [7, 11) is 0. The van der Waals surface area contributed by atoms with Gasteiger partial charge in [-0.2, -0.15) is 0 Å². The maximum atomic E-state index is 10.8. The van der Waals surface area contributed by atoms with Gasteiger partial charge in [-0.15, -0.1) is 0 Å². The summed E-state index contributed by atoms with van der Waals surface area (Å²) in [6.45, 7) is 2.88. The zero-order valence-corrected chi connectivity index (χ0v) is 10.9. The summed E-state index contributed by atoms with van der Waals surface area (Å²) in [5.41, 5.74) is 0.819. The van der Waals surface area contributed by atoms with Crippen LogP contribution >= 0.6 is 11.6 Å². The lowest BCUT2D eigenvalue weighted by Crippen LogP contribution is -2.41. The molecule has 1 amide bonds. The number of pyridine rings is 1. The number of rotatable bonds is 2.